The van der Waals surface area contributed by atoms with Gasteiger partial charge in [0.2, 0.25) is 0 Å². The molecule has 0 heterocycles. The normalized spacial score (nSPS) is 11.9. The van der Waals surface area contributed by atoms with Crippen molar-refractivity contribution in [3.05, 3.63) is 38.9 Å². The van der Waals surface area contributed by atoms with Crippen LogP contribution in [-0.2, 0) is 16.0 Å². The summed E-state index contributed by atoms with van der Waals surface area (Å²) < 4.78 is 4.75. The molecule has 1 unspecified atom stereocenters. The van der Waals surface area contributed by atoms with Crippen LogP contribution in [0.15, 0.2) is 18.2 Å². The Morgan fingerprint density at radius 2 is 2.22 bits per heavy atom. The minimum atomic E-state index is -0.913. The lowest BCUT2D eigenvalue weighted by atomic mass is 10.1. The zero-order valence-electron chi connectivity index (χ0n) is 9.56. The molecule has 5 nitrogen and oxygen atoms in total. The van der Waals surface area contributed by atoms with Gasteiger partial charge in [-0.1, -0.05) is 11.6 Å². The Morgan fingerprint density at radius 1 is 1.56 bits per heavy atom. The number of hydrogen-bond donors (Lipinski definition) is 0. The first-order valence-electron chi connectivity index (χ1n) is 5.19. The number of hydrogen-bond acceptors (Lipinski definition) is 4. The highest BCUT2D eigenvalue weighted by molar-refractivity contribution is 6.32. The summed E-state index contributed by atoms with van der Waals surface area (Å²) in [6.07, 6.45) is 0.0842. The lowest BCUT2D eigenvalue weighted by Crippen LogP contribution is -2.20. The van der Waals surface area contributed by atoms with Crippen LogP contribution in [0, 0.1) is 10.1 Å². The Kier molecular flexibility index (Phi) is 5.37. The molecule has 0 fully saturated rings. The van der Waals surface area contributed by atoms with Gasteiger partial charge >= 0.3 is 5.97 Å². The highest BCUT2D eigenvalue weighted by atomic mass is 35.5. The molecule has 0 aliphatic carbocycles. The van der Waals surface area contributed by atoms with Gasteiger partial charge in [0.25, 0.3) is 5.69 Å². The largest absolute Gasteiger partial charge is 0.465 e. The second-order valence-corrected chi connectivity index (χ2v) is 4.39. The Morgan fingerprint density at radius 3 is 2.78 bits per heavy atom. The standard InChI is InChI=1S/C11H11Cl2NO4/c1-2-18-11(15)10(13)6-7-5-8(14(16)17)3-4-9(7)12/h3-5,10H,2,6H2,1H3. The van der Waals surface area contributed by atoms with Gasteiger partial charge in [-0.05, 0) is 18.6 Å². The van der Waals surface area contributed by atoms with Crippen LogP contribution < -0.4 is 0 Å². The number of rotatable bonds is 5. The van der Waals surface area contributed by atoms with Gasteiger partial charge in [0, 0.05) is 23.6 Å². The van der Waals surface area contributed by atoms with Crippen molar-refractivity contribution in [2.24, 2.45) is 0 Å². The van der Waals surface area contributed by atoms with E-state index in [9.17, 15) is 14.9 Å². The maximum Gasteiger partial charge on any atom is 0.324 e. The van der Waals surface area contributed by atoms with E-state index in [4.69, 9.17) is 27.9 Å². The number of halogens is 2. The summed E-state index contributed by atoms with van der Waals surface area (Å²) in [5, 5.41) is 10.0. The summed E-state index contributed by atoms with van der Waals surface area (Å²) >= 11 is 11.7. The summed E-state index contributed by atoms with van der Waals surface area (Å²) in [4.78, 5) is 21.4. The molecule has 18 heavy (non-hydrogen) atoms. The van der Waals surface area contributed by atoms with Crippen LogP contribution in [0.1, 0.15) is 12.5 Å². The van der Waals surface area contributed by atoms with Gasteiger partial charge in [0.15, 0.2) is 0 Å². The van der Waals surface area contributed by atoms with Crippen LogP contribution in [0.3, 0.4) is 0 Å². The third-order valence-corrected chi connectivity index (χ3v) is 2.88. The van der Waals surface area contributed by atoms with Crippen LogP contribution in [0.2, 0.25) is 5.02 Å². The summed E-state index contributed by atoms with van der Waals surface area (Å²) in [7, 11) is 0. The molecule has 0 saturated carbocycles. The predicted molar refractivity (Wildman–Crippen MR) is 68.1 cm³/mol. The van der Waals surface area contributed by atoms with Gasteiger partial charge < -0.3 is 4.74 Å². The Labute approximate surface area is 114 Å². The first-order valence-corrected chi connectivity index (χ1v) is 6.00. The molecule has 98 valence electrons. The Hall–Kier alpha value is -1.33. The van der Waals surface area contributed by atoms with Crippen LogP contribution in [0.25, 0.3) is 0 Å². The van der Waals surface area contributed by atoms with E-state index in [1.165, 1.54) is 18.2 Å². The van der Waals surface area contributed by atoms with Gasteiger partial charge in [-0.3, -0.25) is 14.9 Å². The number of nitro benzene ring substituents is 1. The second kappa shape index (κ2) is 6.56. The van der Waals surface area contributed by atoms with Crippen molar-refractivity contribution < 1.29 is 14.5 Å². The molecule has 0 aliphatic rings. The minimum absolute atomic E-state index is 0.0842. The molecule has 1 atom stereocenters. The fourth-order valence-corrected chi connectivity index (χ4v) is 1.76. The van der Waals surface area contributed by atoms with E-state index < -0.39 is 16.3 Å². The SMILES string of the molecule is CCOC(=O)C(Cl)Cc1cc([N+](=O)[O-])ccc1Cl. The van der Waals surface area contributed by atoms with E-state index in [1.54, 1.807) is 6.92 Å². The molecule has 1 aromatic rings. The summed E-state index contributed by atoms with van der Waals surface area (Å²) in [5.74, 6) is -0.568. The van der Waals surface area contributed by atoms with Crippen molar-refractivity contribution >= 4 is 34.9 Å². The van der Waals surface area contributed by atoms with Crippen LogP contribution in [-0.4, -0.2) is 22.9 Å². The summed E-state index contributed by atoms with van der Waals surface area (Å²) in [6.45, 7) is 1.90. The molecule has 0 radical (unpaired) electrons. The summed E-state index contributed by atoms with van der Waals surface area (Å²) in [5.41, 5.74) is 0.348. The zero-order valence-corrected chi connectivity index (χ0v) is 11.1. The fraction of sp³-hybridized carbons (Fsp3) is 0.364. The summed E-state index contributed by atoms with van der Waals surface area (Å²) in [6, 6.07) is 4.00. The maximum atomic E-state index is 11.3. The number of alkyl halides is 1. The van der Waals surface area contributed by atoms with Crippen molar-refractivity contribution in [3.8, 4) is 0 Å². The number of carbonyl (C=O) groups is 1. The number of non-ortho nitro benzene ring substituents is 1. The van der Waals surface area contributed by atoms with Gasteiger partial charge in [-0.15, -0.1) is 11.6 Å². The minimum Gasteiger partial charge on any atom is -0.465 e. The van der Waals surface area contributed by atoms with Crippen LogP contribution in [0.5, 0.6) is 0 Å². The molecule has 1 rings (SSSR count). The van der Waals surface area contributed by atoms with E-state index in [0.717, 1.165) is 0 Å². The van der Waals surface area contributed by atoms with Crippen molar-refractivity contribution in [1.29, 1.82) is 0 Å². The van der Waals surface area contributed by atoms with Crippen LogP contribution >= 0.6 is 23.2 Å². The molecule has 1 aromatic carbocycles. The fourth-order valence-electron chi connectivity index (χ4n) is 1.34. The van der Waals surface area contributed by atoms with Gasteiger partial charge in [0.1, 0.15) is 5.38 Å². The average Bonchev–Trinajstić information content (AvgIpc) is 2.31. The first kappa shape index (κ1) is 14.7. The molecular weight excluding hydrogens is 281 g/mol. The van der Waals surface area contributed by atoms with E-state index in [2.05, 4.69) is 0 Å². The van der Waals surface area contributed by atoms with Crippen molar-refractivity contribution in [3.63, 3.8) is 0 Å². The molecule has 0 spiro atoms. The number of esters is 1. The molecular formula is C11H11Cl2NO4. The first-order chi connectivity index (χ1) is 8.45. The molecule has 0 amide bonds. The maximum absolute atomic E-state index is 11.3. The smallest absolute Gasteiger partial charge is 0.324 e. The molecule has 0 aliphatic heterocycles. The number of nitrogens with zero attached hydrogens (tertiary/aromatic N) is 1. The third kappa shape index (κ3) is 3.85. The van der Waals surface area contributed by atoms with Crippen molar-refractivity contribution in [2.45, 2.75) is 18.7 Å². The van der Waals surface area contributed by atoms with Crippen LogP contribution in [0.4, 0.5) is 5.69 Å². The Bertz CT molecular complexity index is 464. The van der Waals surface area contributed by atoms with Gasteiger partial charge in [-0.2, -0.15) is 0 Å². The Balaban J connectivity index is 2.86. The number of ether oxygens (including phenoxy) is 1. The quantitative estimate of drug-likeness (QED) is 0.362. The molecule has 0 bridgehead atoms. The van der Waals surface area contributed by atoms with Gasteiger partial charge in [-0.25, -0.2) is 0 Å². The predicted octanol–water partition coefficient (Wildman–Crippen LogP) is 2.96. The van der Waals surface area contributed by atoms with E-state index in [0.29, 0.717) is 10.6 Å². The van der Waals surface area contributed by atoms with E-state index >= 15 is 0 Å². The van der Waals surface area contributed by atoms with E-state index in [-0.39, 0.29) is 18.7 Å². The monoisotopic (exact) mass is 291 g/mol. The lowest BCUT2D eigenvalue weighted by Gasteiger charge is -2.09. The highest BCUT2D eigenvalue weighted by Crippen LogP contribution is 2.24. The zero-order chi connectivity index (χ0) is 13.7. The van der Waals surface area contributed by atoms with Gasteiger partial charge in [0.05, 0.1) is 11.5 Å². The van der Waals surface area contributed by atoms with Crippen molar-refractivity contribution in [1.82, 2.24) is 0 Å². The van der Waals surface area contributed by atoms with E-state index in [1.807, 2.05) is 0 Å². The average molecular weight is 292 g/mol. The topological polar surface area (TPSA) is 69.4 Å². The number of carbonyl (C=O) groups excluding carboxylic acids is 1. The third-order valence-electron chi connectivity index (χ3n) is 2.18. The molecule has 0 N–H and O–H groups in total. The molecule has 0 aromatic heterocycles. The molecule has 0 saturated heterocycles. The van der Waals surface area contributed by atoms with Crippen molar-refractivity contribution in [2.75, 3.05) is 6.61 Å². The number of nitro groups is 1. The molecule has 7 heteroatoms. The highest BCUT2D eigenvalue weighted by Gasteiger charge is 2.20. The lowest BCUT2D eigenvalue weighted by molar-refractivity contribution is -0.384. The second-order valence-electron chi connectivity index (χ2n) is 3.46. The number of benzene rings is 1.